The van der Waals surface area contributed by atoms with Gasteiger partial charge in [-0.15, -0.1) is 0 Å². The normalized spacial score (nSPS) is 36.5. The maximum Gasteiger partial charge on any atom is 0.240 e. The van der Waals surface area contributed by atoms with Gasteiger partial charge in [-0.2, -0.15) is 0 Å². The number of benzene rings is 1. The molecule has 0 heterocycles. The average Bonchev–Trinajstić information content (AvgIpc) is 2.85. The van der Waals surface area contributed by atoms with Crippen molar-refractivity contribution in [1.82, 2.24) is 4.72 Å². The van der Waals surface area contributed by atoms with Crippen LogP contribution in [0.3, 0.4) is 0 Å². The van der Waals surface area contributed by atoms with Gasteiger partial charge in [0.25, 0.3) is 0 Å². The van der Waals surface area contributed by atoms with Crippen LogP contribution < -0.4 is 15.8 Å². The van der Waals surface area contributed by atoms with E-state index >= 15 is 0 Å². The second kappa shape index (κ2) is 4.36. The SMILES string of the molecule is CNS(=O)(=O)c1ccc(N)c(NC2C3C4CCC(C4)C23)c1. The largest absolute Gasteiger partial charge is 0.397 e. The number of hydrogen-bond acceptors (Lipinski definition) is 4. The lowest BCUT2D eigenvalue weighted by molar-refractivity contribution is 0.456. The molecule has 0 amide bonds. The fourth-order valence-electron chi connectivity index (χ4n) is 4.64. The third-order valence-electron chi connectivity index (χ3n) is 5.66. The van der Waals surface area contributed by atoms with Crippen molar-refractivity contribution in [3.63, 3.8) is 0 Å². The van der Waals surface area contributed by atoms with Gasteiger partial charge in [0.2, 0.25) is 10.0 Å². The Balaban J connectivity index is 1.57. The number of hydrogen-bond donors (Lipinski definition) is 3. The smallest absolute Gasteiger partial charge is 0.240 e. The quantitative estimate of drug-likeness (QED) is 0.738. The first-order chi connectivity index (χ1) is 10.0. The Kier molecular flexibility index (Phi) is 2.78. The zero-order valence-electron chi connectivity index (χ0n) is 12.0. The van der Waals surface area contributed by atoms with Gasteiger partial charge in [-0.1, -0.05) is 0 Å². The minimum Gasteiger partial charge on any atom is -0.397 e. The highest BCUT2D eigenvalue weighted by Gasteiger charge is 2.65. The summed E-state index contributed by atoms with van der Waals surface area (Å²) >= 11 is 0. The van der Waals surface area contributed by atoms with Crippen LogP contribution in [-0.4, -0.2) is 21.5 Å². The molecule has 1 aromatic rings. The molecule has 4 rings (SSSR count). The first kappa shape index (κ1) is 13.4. The van der Waals surface area contributed by atoms with E-state index in [0.29, 0.717) is 11.7 Å². The first-order valence-electron chi connectivity index (χ1n) is 7.61. The van der Waals surface area contributed by atoms with Crippen molar-refractivity contribution < 1.29 is 8.42 Å². The van der Waals surface area contributed by atoms with Crippen LogP contribution in [0.25, 0.3) is 0 Å². The molecule has 3 saturated carbocycles. The fraction of sp³-hybridized carbons (Fsp3) is 0.600. The zero-order chi connectivity index (χ0) is 14.8. The minimum atomic E-state index is -3.43. The highest BCUT2D eigenvalue weighted by atomic mass is 32.2. The molecule has 0 spiro atoms. The van der Waals surface area contributed by atoms with Crippen LogP contribution in [0.2, 0.25) is 0 Å². The Bertz CT molecular complexity index is 672. The summed E-state index contributed by atoms with van der Waals surface area (Å²) in [6.45, 7) is 0. The molecule has 0 aliphatic heterocycles. The maximum absolute atomic E-state index is 11.9. The van der Waals surface area contributed by atoms with Gasteiger partial charge in [-0.25, -0.2) is 13.1 Å². The predicted octanol–water partition coefficient (Wildman–Crippen LogP) is 1.63. The van der Waals surface area contributed by atoms with Gasteiger partial charge in [0, 0.05) is 6.04 Å². The fourth-order valence-corrected chi connectivity index (χ4v) is 5.40. The Hall–Kier alpha value is -1.27. The van der Waals surface area contributed by atoms with Gasteiger partial charge in [0.15, 0.2) is 0 Å². The molecule has 4 N–H and O–H groups in total. The van der Waals surface area contributed by atoms with Crippen LogP contribution in [0, 0.1) is 23.7 Å². The lowest BCUT2D eigenvalue weighted by Gasteiger charge is -2.14. The van der Waals surface area contributed by atoms with Gasteiger partial charge in [-0.3, -0.25) is 0 Å². The van der Waals surface area contributed by atoms with Crippen molar-refractivity contribution in [1.29, 1.82) is 0 Å². The van der Waals surface area contributed by atoms with E-state index in [2.05, 4.69) is 10.0 Å². The number of anilines is 2. The molecule has 21 heavy (non-hydrogen) atoms. The van der Waals surface area contributed by atoms with Gasteiger partial charge in [0.05, 0.1) is 16.3 Å². The van der Waals surface area contributed by atoms with E-state index in [9.17, 15) is 8.42 Å². The van der Waals surface area contributed by atoms with Gasteiger partial charge in [0.1, 0.15) is 0 Å². The van der Waals surface area contributed by atoms with Crippen LogP contribution in [-0.2, 0) is 10.0 Å². The van der Waals surface area contributed by atoms with Crippen LogP contribution >= 0.6 is 0 Å². The minimum absolute atomic E-state index is 0.260. The van der Waals surface area contributed by atoms with Crippen molar-refractivity contribution in [3.05, 3.63) is 18.2 Å². The standard InChI is InChI=1S/C15H21N3O2S/c1-17-21(19,20)10-4-5-11(16)12(7-10)18-15-13-8-2-3-9(6-8)14(13)15/h4-5,7-9,13-15,17-18H,2-3,6,16H2,1H3. The second-order valence-corrected chi connectivity index (χ2v) is 8.50. The van der Waals surface area contributed by atoms with Crippen LogP contribution in [0.5, 0.6) is 0 Å². The van der Waals surface area contributed by atoms with Crippen molar-refractivity contribution in [3.8, 4) is 0 Å². The Morgan fingerprint density at radius 3 is 2.48 bits per heavy atom. The number of fused-ring (bicyclic) bond motifs is 5. The maximum atomic E-state index is 11.9. The number of rotatable bonds is 4. The molecule has 3 aliphatic carbocycles. The molecule has 0 saturated heterocycles. The summed E-state index contributed by atoms with van der Waals surface area (Å²) in [6, 6.07) is 5.35. The summed E-state index contributed by atoms with van der Waals surface area (Å²) in [5, 5.41) is 3.51. The third kappa shape index (κ3) is 1.96. The summed E-state index contributed by atoms with van der Waals surface area (Å²) in [5.74, 6) is 3.33. The number of sulfonamides is 1. The topological polar surface area (TPSA) is 84.2 Å². The monoisotopic (exact) mass is 307 g/mol. The molecule has 6 heteroatoms. The third-order valence-corrected chi connectivity index (χ3v) is 7.07. The van der Waals surface area contributed by atoms with Crippen molar-refractivity contribution >= 4 is 21.4 Å². The lowest BCUT2D eigenvalue weighted by Crippen LogP contribution is -2.19. The summed E-state index contributed by atoms with van der Waals surface area (Å²) in [7, 11) is -2.01. The van der Waals surface area contributed by atoms with E-state index in [0.717, 1.165) is 29.4 Å². The summed E-state index contributed by atoms with van der Waals surface area (Å²) < 4.78 is 26.1. The molecule has 0 aromatic heterocycles. The first-order valence-corrected chi connectivity index (χ1v) is 9.09. The van der Waals surface area contributed by atoms with Gasteiger partial charge >= 0.3 is 0 Å². The van der Waals surface area contributed by atoms with E-state index in [1.807, 2.05) is 0 Å². The Morgan fingerprint density at radius 1 is 1.19 bits per heavy atom. The van der Waals surface area contributed by atoms with Crippen LogP contribution in [0.1, 0.15) is 19.3 Å². The molecular weight excluding hydrogens is 286 g/mol. The highest BCUT2D eigenvalue weighted by molar-refractivity contribution is 7.89. The molecule has 114 valence electrons. The molecule has 2 bridgehead atoms. The van der Waals surface area contributed by atoms with E-state index in [1.54, 1.807) is 18.2 Å². The Labute approximate surface area is 125 Å². The number of nitrogens with one attached hydrogen (secondary N) is 2. The molecule has 3 fully saturated rings. The Morgan fingerprint density at radius 2 is 1.86 bits per heavy atom. The molecule has 4 atom stereocenters. The predicted molar refractivity (Wildman–Crippen MR) is 82.3 cm³/mol. The molecule has 0 radical (unpaired) electrons. The average molecular weight is 307 g/mol. The molecule has 5 nitrogen and oxygen atoms in total. The van der Waals surface area contributed by atoms with E-state index < -0.39 is 10.0 Å². The van der Waals surface area contributed by atoms with E-state index in [-0.39, 0.29) is 4.90 Å². The summed E-state index contributed by atoms with van der Waals surface area (Å²) in [4.78, 5) is 0.260. The molecule has 1 aromatic carbocycles. The second-order valence-electron chi connectivity index (χ2n) is 6.61. The van der Waals surface area contributed by atoms with Gasteiger partial charge in [-0.05, 0) is 68.2 Å². The summed E-state index contributed by atoms with van der Waals surface area (Å²) in [6.07, 6.45) is 4.14. The molecule has 4 unspecified atom stereocenters. The van der Waals surface area contributed by atoms with Crippen molar-refractivity contribution in [2.45, 2.75) is 30.2 Å². The van der Waals surface area contributed by atoms with Crippen LogP contribution in [0.4, 0.5) is 11.4 Å². The van der Waals surface area contributed by atoms with Gasteiger partial charge < -0.3 is 11.1 Å². The van der Waals surface area contributed by atoms with Crippen molar-refractivity contribution in [2.24, 2.45) is 23.7 Å². The lowest BCUT2D eigenvalue weighted by atomic mass is 10.0. The van der Waals surface area contributed by atoms with E-state index in [4.69, 9.17) is 5.73 Å². The number of nitrogens with two attached hydrogens (primary N) is 1. The van der Waals surface area contributed by atoms with E-state index in [1.165, 1.54) is 26.3 Å². The van der Waals surface area contributed by atoms with Crippen molar-refractivity contribution in [2.75, 3.05) is 18.1 Å². The highest BCUT2D eigenvalue weighted by Crippen LogP contribution is 2.66. The molecular formula is C15H21N3O2S. The summed E-state index contributed by atoms with van der Waals surface area (Å²) in [5.41, 5.74) is 7.38. The zero-order valence-corrected chi connectivity index (χ0v) is 12.9. The number of nitrogen functional groups attached to an aromatic ring is 1. The molecule has 3 aliphatic rings. The van der Waals surface area contributed by atoms with Crippen LogP contribution in [0.15, 0.2) is 23.1 Å².